The van der Waals surface area contributed by atoms with Crippen molar-refractivity contribution in [1.82, 2.24) is 16.0 Å². The number of aliphatic carboxylic acids is 1. The maximum absolute atomic E-state index is 13.4. The molecule has 3 amide bonds. The summed E-state index contributed by atoms with van der Waals surface area (Å²) in [5.41, 5.74) is 7.37. The molecule has 1 saturated heterocycles. The SMILES string of the molecule is N[C@@H](Cc1ccc(O[C@@H]2NC(=O)[C@H]2NC(=O)[C@@H](NC(=O)CCc2ccccc2)C2CCCCC2)cc1)C(=O)O. The van der Waals surface area contributed by atoms with Crippen molar-refractivity contribution in [3.05, 3.63) is 65.7 Å². The fraction of sp³-hybridized carbons (Fsp3) is 0.448. The topological polar surface area (TPSA) is 160 Å². The van der Waals surface area contributed by atoms with Gasteiger partial charge in [-0.3, -0.25) is 19.2 Å². The highest BCUT2D eigenvalue weighted by Crippen LogP contribution is 2.27. The summed E-state index contributed by atoms with van der Waals surface area (Å²) >= 11 is 0. The van der Waals surface area contributed by atoms with E-state index in [1.165, 1.54) is 0 Å². The van der Waals surface area contributed by atoms with Gasteiger partial charge in [0.2, 0.25) is 18.0 Å². The first kappa shape index (κ1) is 28.1. The van der Waals surface area contributed by atoms with Crippen molar-refractivity contribution >= 4 is 23.7 Å². The van der Waals surface area contributed by atoms with Crippen LogP contribution in [0.2, 0.25) is 0 Å². The van der Waals surface area contributed by atoms with E-state index >= 15 is 0 Å². The standard InChI is InChI=1S/C29H36N4O6/c30-22(29(37)38)17-19-11-14-21(15-12-19)39-28-25(27(36)33-28)32-26(35)24(20-9-5-2-6-10-20)31-23(34)16-13-18-7-3-1-4-8-18/h1,3-4,7-8,11-12,14-15,20,22,24-25,28H,2,5-6,9-10,13,16-17,30H2,(H,31,34)(H,32,35)(H,33,36)(H,37,38)/t22-,24-,25+,28-/m0/s1. The van der Waals surface area contributed by atoms with Crippen LogP contribution in [-0.2, 0) is 32.0 Å². The Balaban J connectivity index is 1.35. The minimum Gasteiger partial charge on any atom is -0.480 e. The Kier molecular flexibility index (Phi) is 9.54. The number of carboxylic acids is 1. The Labute approximate surface area is 227 Å². The van der Waals surface area contributed by atoms with Gasteiger partial charge in [-0.25, -0.2) is 0 Å². The Hall–Kier alpha value is -3.92. The predicted octanol–water partition coefficient (Wildman–Crippen LogP) is 1.66. The molecule has 1 saturated carbocycles. The third kappa shape index (κ3) is 7.79. The summed E-state index contributed by atoms with van der Waals surface area (Å²) in [5.74, 6) is -1.57. The maximum atomic E-state index is 13.4. The van der Waals surface area contributed by atoms with Crippen LogP contribution >= 0.6 is 0 Å². The van der Waals surface area contributed by atoms with Crippen molar-refractivity contribution < 1.29 is 29.0 Å². The molecule has 1 heterocycles. The number of nitrogens with one attached hydrogen (secondary N) is 3. The largest absolute Gasteiger partial charge is 0.480 e. The lowest BCUT2D eigenvalue weighted by molar-refractivity contribution is -0.144. The molecule has 0 aromatic heterocycles. The Morgan fingerprint density at radius 3 is 2.33 bits per heavy atom. The van der Waals surface area contributed by atoms with Gasteiger partial charge in [0, 0.05) is 6.42 Å². The number of hydrogen-bond donors (Lipinski definition) is 5. The quantitative estimate of drug-likeness (QED) is 0.258. The van der Waals surface area contributed by atoms with Crippen molar-refractivity contribution in [3.63, 3.8) is 0 Å². The predicted molar refractivity (Wildman–Crippen MR) is 144 cm³/mol. The molecule has 4 atom stereocenters. The lowest BCUT2D eigenvalue weighted by Gasteiger charge is -2.38. The second-order valence-corrected chi connectivity index (χ2v) is 10.3. The van der Waals surface area contributed by atoms with Crippen molar-refractivity contribution in [2.45, 2.75) is 75.7 Å². The first-order chi connectivity index (χ1) is 18.8. The highest BCUT2D eigenvalue weighted by molar-refractivity contribution is 5.95. The van der Waals surface area contributed by atoms with Gasteiger partial charge in [0.1, 0.15) is 17.8 Å². The zero-order chi connectivity index (χ0) is 27.8. The van der Waals surface area contributed by atoms with E-state index in [9.17, 15) is 19.2 Å². The molecule has 0 unspecified atom stereocenters. The van der Waals surface area contributed by atoms with Gasteiger partial charge >= 0.3 is 5.97 Å². The molecule has 0 bridgehead atoms. The zero-order valence-electron chi connectivity index (χ0n) is 21.8. The molecule has 0 radical (unpaired) electrons. The van der Waals surface area contributed by atoms with Crippen LogP contribution in [0.5, 0.6) is 5.75 Å². The Morgan fingerprint density at radius 1 is 1.00 bits per heavy atom. The molecule has 208 valence electrons. The first-order valence-corrected chi connectivity index (χ1v) is 13.5. The van der Waals surface area contributed by atoms with Crippen molar-refractivity contribution in [3.8, 4) is 5.75 Å². The number of carbonyl (C=O) groups excluding carboxylic acids is 3. The summed E-state index contributed by atoms with van der Waals surface area (Å²) in [6.45, 7) is 0. The second-order valence-electron chi connectivity index (χ2n) is 10.3. The van der Waals surface area contributed by atoms with Crippen LogP contribution < -0.4 is 26.4 Å². The number of carboxylic acid groups (broad SMARTS) is 1. The van der Waals surface area contributed by atoms with Gasteiger partial charge in [0.25, 0.3) is 5.91 Å². The molecule has 39 heavy (non-hydrogen) atoms. The van der Waals surface area contributed by atoms with E-state index in [4.69, 9.17) is 15.6 Å². The summed E-state index contributed by atoms with van der Waals surface area (Å²) in [6.07, 6.45) is 5.03. The fourth-order valence-electron chi connectivity index (χ4n) is 5.04. The number of nitrogens with two attached hydrogens (primary N) is 1. The molecule has 2 aromatic carbocycles. The van der Waals surface area contributed by atoms with E-state index in [-0.39, 0.29) is 36.5 Å². The van der Waals surface area contributed by atoms with Crippen LogP contribution in [0.4, 0.5) is 0 Å². The summed E-state index contributed by atoms with van der Waals surface area (Å²) in [7, 11) is 0. The monoisotopic (exact) mass is 536 g/mol. The summed E-state index contributed by atoms with van der Waals surface area (Å²) in [5, 5.41) is 17.4. The summed E-state index contributed by atoms with van der Waals surface area (Å²) in [4.78, 5) is 49.5. The minimum absolute atomic E-state index is 0.00616. The number of rotatable bonds is 12. The molecule has 6 N–H and O–H groups in total. The molecule has 10 nitrogen and oxygen atoms in total. The number of benzene rings is 2. The lowest BCUT2D eigenvalue weighted by Crippen LogP contribution is -2.72. The van der Waals surface area contributed by atoms with Crippen LogP contribution in [0.25, 0.3) is 0 Å². The van der Waals surface area contributed by atoms with Crippen LogP contribution in [0.1, 0.15) is 49.7 Å². The molecule has 1 aliphatic carbocycles. The number of carbonyl (C=O) groups is 4. The van der Waals surface area contributed by atoms with Crippen molar-refractivity contribution in [2.24, 2.45) is 11.7 Å². The molecule has 1 aliphatic heterocycles. The molecule has 10 heteroatoms. The number of aryl methyl sites for hydroxylation is 1. The van der Waals surface area contributed by atoms with E-state index in [0.29, 0.717) is 12.2 Å². The Morgan fingerprint density at radius 2 is 1.69 bits per heavy atom. The number of hydrogen-bond acceptors (Lipinski definition) is 6. The van der Waals surface area contributed by atoms with E-state index in [1.54, 1.807) is 24.3 Å². The molecular weight excluding hydrogens is 500 g/mol. The normalized spacial score (nSPS) is 20.6. The summed E-state index contributed by atoms with van der Waals surface area (Å²) in [6, 6.07) is 13.8. The smallest absolute Gasteiger partial charge is 0.320 e. The van der Waals surface area contributed by atoms with Gasteiger partial charge in [-0.2, -0.15) is 0 Å². The number of β-lactam (4-membered cyclic amide) rings is 1. The average molecular weight is 537 g/mol. The molecular formula is C29H36N4O6. The highest BCUT2D eigenvalue weighted by Gasteiger charge is 2.44. The van der Waals surface area contributed by atoms with Gasteiger partial charge in [0.05, 0.1) is 0 Å². The third-order valence-electron chi connectivity index (χ3n) is 7.33. The molecule has 2 aromatic rings. The molecule has 2 aliphatic rings. The number of amides is 3. The molecule has 2 fully saturated rings. The molecule has 0 spiro atoms. The van der Waals surface area contributed by atoms with Crippen molar-refractivity contribution in [1.29, 1.82) is 0 Å². The van der Waals surface area contributed by atoms with E-state index in [2.05, 4.69) is 16.0 Å². The van der Waals surface area contributed by atoms with Gasteiger partial charge in [-0.05, 0) is 54.9 Å². The lowest BCUT2D eigenvalue weighted by atomic mass is 9.83. The van der Waals surface area contributed by atoms with Gasteiger partial charge < -0.3 is 31.5 Å². The Bertz CT molecular complexity index is 1150. The van der Waals surface area contributed by atoms with Crippen LogP contribution in [0, 0.1) is 5.92 Å². The van der Waals surface area contributed by atoms with Gasteiger partial charge in [0.15, 0.2) is 6.04 Å². The zero-order valence-corrected chi connectivity index (χ0v) is 21.8. The highest BCUT2D eigenvalue weighted by atomic mass is 16.5. The van der Waals surface area contributed by atoms with Gasteiger partial charge in [-0.15, -0.1) is 0 Å². The molecule has 4 rings (SSSR count). The minimum atomic E-state index is -1.08. The van der Waals surface area contributed by atoms with Crippen molar-refractivity contribution in [2.75, 3.05) is 0 Å². The first-order valence-electron chi connectivity index (χ1n) is 13.5. The van der Waals surface area contributed by atoms with E-state index < -0.39 is 30.3 Å². The number of ether oxygens (including phenoxy) is 1. The summed E-state index contributed by atoms with van der Waals surface area (Å²) < 4.78 is 5.85. The van der Waals surface area contributed by atoms with Crippen LogP contribution in [0.15, 0.2) is 54.6 Å². The van der Waals surface area contributed by atoms with E-state index in [1.807, 2.05) is 30.3 Å². The van der Waals surface area contributed by atoms with Crippen LogP contribution in [-0.4, -0.2) is 53.2 Å². The van der Waals surface area contributed by atoms with E-state index in [0.717, 1.165) is 43.2 Å². The fourth-order valence-corrected chi connectivity index (χ4v) is 5.04. The van der Waals surface area contributed by atoms with Crippen LogP contribution in [0.3, 0.4) is 0 Å². The average Bonchev–Trinajstić information content (AvgIpc) is 2.95. The maximum Gasteiger partial charge on any atom is 0.320 e. The second kappa shape index (κ2) is 13.2. The third-order valence-corrected chi connectivity index (χ3v) is 7.33. The van der Waals surface area contributed by atoms with Gasteiger partial charge in [-0.1, -0.05) is 61.7 Å².